The number of carbonyl (C=O) groups is 2. The van der Waals surface area contributed by atoms with Crippen LogP contribution >= 0.6 is 0 Å². The van der Waals surface area contributed by atoms with Gasteiger partial charge in [-0.05, 0) is 56.6 Å². The van der Waals surface area contributed by atoms with E-state index in [0.29, 0.717) is 28.9 Å². The number of piperidine rings is 1. The van der Waals surface area contributed by atoms with Gasteiger partial charge in [0.1, 0.15) is 5.82 Å². The van der Waals surface area contributed by atoms with Crippen molar-refractivity contribution in [3.05, 3.63) is 65.0 Å². The van der Waals surface area contributed by atoms with Gasteiger partial charge in [0.15, 0.2) is 0 Å². The standard InChI is InChI=1S/C22H25FN2O3/c1-15-18(22(27)28-2)7-5-9-20(15)24-21(26)16-10-12-25(13-11-16)14-17-6-3-4-8-19(17)23/h3-9,16H,10-14H2,1-2H3,(H,24,26). The van der Waals surface area contributed by atoms with E-state index in [9.17, 15) is 14.0 Å². The largest absolute Gasteiger partial charge is 0.465 e. The Labute approximate surface area is 164 Å². The fourth-order valence-electron chi connectivity index (χ4n) is 3.56. The van der Waals surface area contributed by atoms with E-state index in [-0.39, 0.29) is 17.6 Å². The van der Waals surface area contributed by atoms with Gasteiger partial charge in [0.05, 0.1) is 12.7 Å². The second-order valence-corrected chi connectivity index (χ2v) is 7.10. The molecule has 148 valence electrons. The Morgan fingerprint density at radius 3 is 2.54 bits per heavy atom. The zero-order valence-corrected chi connectivity index (χ0v) is 16.2. The van der Waals surface area contributed by atoms with E-state index in [1.165, 1.54) is 13.2 Å². The van der Waals surface area contributed by atoms with Crippen molar-refractivity contribution in [2.45, 2.75) is 26.3 Å². The van der Waals surface area contributed by atoms with E-state index < -0.39 is 5.97 Å². The first kappa shape index (κ1) is 20.0. The predicted molar refractivity (Wildman–Crippen MR) is 106 cm³/mol. The monoisotopic (exact) mass is 384 g/mol. The van der Waals surface area contributed by atoms with Gasteiger partial charge in [0, 0.05) is 23.7 Å². The van der Waals surface area contributed by atoms with Crippen molar-refractivity contribution < 1.29 is 18.7 Å². The van der Waals surface area contributed by atoms with Crippen LogP contribution in [-0.2, 0) is 16.1 Å². The van der Waals surface area contributed by atoms with E-state index in [4.69, 9.17) is 4.74 Å². The third-order valence-corrected chi connectivity index (χ3v) is 5.31. The molecular weight excluding hydrogens is 359 g/mol. The van der Waals surface area contributed by atoms with Crippen molar-refractivity contribution in [3.63, 3.8) is 0 Å². The molecule has 3 rings (SSSR count). The van der Waals surface area contributed by atoms with Gasteiger partial charge in [-0.25, -0.2) is 9.18 Å². The van der Waals surface area contributed by atoms with Gasteiger partial charge in [0.2, 0.25) is 5.91 Å². The highest BCUT2D eigenvalue weighted by Gasteiger charge is 2.26. The summed E-state index contributed by atoms with van der Waals surface area (Å²) in [5.41, 5.74) is 2.45. The first-order chi connectivity index (χ1) is 13.5. The second-order valence-electron chi connectivity index (χ2n) is 7.10. The zero-order valence-electron chi connectivity index (χ0n) is 16.2. The minimum Gasteiger partial charge on any atom is -0.465 e. The molecule has 6 heteroatoms. The number of hydrogen-bond donors (Lipinski definition) is 1. The SMILES string of the molecule is COC(=O)c1cccc(NC(=O)C2CCN(Cc3ccccc3F)CC2)c1C. The van der Waals surface area contributed by atoms with E-state index in [1.807, 2.05) is 6.07 Å². The van der Waals surface area contributed by atoms with Crippen molar-refractivity contribution in [2.75, 3.05) is 25.5 Å². The highest BCUT2D eigenvalue weighted by molar-refractivity contribution is 5.97. The second kappa shape index (κ2) is 8.97. The molecule has 1 amide bonds. The minimum absolute atomic E-state index is 0.0457. The third-order valence-electron chi connectivity index (χ3n) is 5.31. The molecular formula is C22H25FN2O3. The summed E-state index contributed by atoms with van der Waals surface area (Å²) >= 11 is 0. The highest BCUT2D eigenvalue weighted by Crippen LogP contribution is 2.24. The first-order valence-corrected chi connectivity index (χ1v) is 9.44. The van der Waals surface area contributed by atoms with Gasteiger partial charge in [-0.2, -0.15) is 0 Å². The average molecular weight is 384 g/mol. The summed E-state index contributed by atoms with van der Waals surface area (Å²) in [5.74, 6) is -0.757. The molecule has 0 spiro atoms. The number of carbonyl (C=O) groups excluding carboxylic acids is 2. The number of amides is 1. The number of halogens is 1. The number of anilines is 1. The van der Waals surface area contributed by atoms with Crippen LogP contribution in [0.1, 0.15) is 34.3 Å². The maximum atomic E-state index is 13.8. The van der Waals surface area contributed by atoms with Gasteiger partial charge >= 0.3 is 5.97 Å². The van der Waals surface area contributed by atoms with Crippen molar-refractivity contribution in [1.82, 2.24) is 4.90 Å². The molecule has 28 heavy (non-hydrogen) atoms. The highest BCUT2D eigenvalue weighted by atomic mass is 19.1. The number of benzene rings is 2. The van der Waals surface area contributed by atoms with Crippen molar-refractivity contribution >= 4 is 17.6 Å². The molecule has 2 aromatic carbocycles. The fourth-order valence-corrected chi connectivity index (χ4v) is 3.56. The molecule has 0 unspecified atom stereocenters. The molecule has 1 N–H and O–H groups in total. The van der Waals surface area contributed by atoms with Crippen LogP contribution in [0.4, 0.5) is 10.1 Å². The Morgan fingerprint density at radius 2 is 1.86 bits per heavy atom. The molecule has 1 aliphatic rings. The summed E-state index contributed by atoms with van der Waals surface area (Å²) in [4.78, 5) is 26.7. The molecule has 0 atom stereocenters. The smallest absolute Gasteiger partial charge is 0.338 e. The first-order valence-electron chi connectivity index (χ1n) is 9.44. The molecule has 1 aliphatic heterocycles. The topological polar surface area (TPSA) is 58.6 Å². The molecule has 0 radical (unpaired) electrons. The van der Waals surface area contributed by atoms with E-state index in [0.717, 1.165) is 25.9 Å². The Balaban J connectivity index is 1.57. The summed E-state index contributed by atoms with van der Waals surface area (Å²) in [7, 11) is 1.34. The van der Waals surface area contributed by atoms with Crippen LogP contribution in [0.3, 0.4) is 0 Å². The maximum Gasteiger partial charge on any atom is 0.338 e. The lowest BCUT2D eigenvalue weighted by molar-refractivity contribution is -0.121. The van der Waals surface area contributed by atoms with Crippen LogP contribution in [0, 0.1) is 18.7 Å². The normalized spacial score (nSPS) is 15.2. The summed E-state index contributed by atoms with van der Waals surface area (Å²) in [5, 5.41) is 2.95. The summed E-state index contributed by atoms with van der Waals surface area (Å²) in [6, 6.07) is 12.0. The van der Waals surface area contributed by atoms with Crippen LogP contribution in [0.5, 0.6) is 0 Å². The van der Waals surface area contributed by atoms with Gasteiger partial charge in [-0.3, -0.25) is 9.69 Å². The molecule has 0 aromatic heterocycles. The minimum atomic E-state index is -0.421. The van der Waals surface area contributed by atoms with Crippen molar-refractivity contribution in [3.8, 4) is 0 Å². The number of nitrogens with zero attached hydrogens (tertiary/aromatic N) is 1. The number of hydrogen-bond acceptors (Lipinski definition) is 4. The molecule has 1 heterocycles. The third kappa shape index (κ3) is 4.57. The summed E-state index contributed by atoms with van der Waals surface area (Å²) in [6.07, 6.45) is 1.44. The fraction of sp³-hybridized carbons (Fsp3) is 0.364. The van der Waals surface area contributed by atoms with Crippen molar-refractivity contribution in [1.29, 1.82) is 0 Å². The number of ether oxygens (including phenoxy) is 1. The predicted octanol–water partition coefficient (Wildman–Crippen LogP) is 3.77. The summed E-state index contributed by atoms with van der Waals surface area (Å²) in [6.45, 7) is 3.83. The lowest BCUT2D eigenvalue weighted by atomic mass is 9.95. The number of methoxy groups -OCH3 is 1. The number of esters is 1. The van der Waals surface area contributed by atoms with Crippen LogP contribution in [0.15, 0.2) is 42.5 Å². The molecule has 1 fully saturated rings. The quantitative estimate of drug-likeness (QED) is 0.798. The van der Waals surface area contributed by atoms with E-state index in [1.54, 1.807) is 37.3 Å². The molecule has 0 bridgehead atoms. The van der Waals surface area contributed by atoms with Gasteiger partial charge < -0.3 is 10.1 Å². The lowest BCUT2D eigenvalue weighted by Crippen LogP contribution is -2.38. The zero-order chi connectivity index (χ0) is 20.1. The van der Waals surface area contributed by atoms with Crippen LogP contribution < -0.4 is 5.32 Å². The van der Waals surface area contributed by atoms with Gasteiger partial charge in [-0.1, -0.05) is 24.3 Å². The molecule has 5 nitrogen and oxygen atoms in total. The van der Waals surface area contributed by atoms with E-state index >= 15 is 0 Å². The Morgan fingerprint density at radius 1 is 1.14 bits per heavy atom. The van der Waals surface area contributed by atoms with Crippen LogP contribution in [0.2, 0.25) is 0 Å². The molecule has 0 saturated carbocycles. The number of rotatable bonds is 5. The molecule has 2 aromatic rings. The lowest BCUT2D eigenvalue weighted by Gasteiger charge is -2.31. The van der Waals surface area contributed by atoms with Crippen LogP contribution in [-0.4, -0.2) is 37.0 Å². The average Bonchev–Trinajstić information content (AvgIpc) is 2.71. The molecule has 0 aliphatic carbocycles. The van der Waals surface area contributed by atoms with Crippen molar-refractivity contribution in [2.24, 2.45) is 5.92 Å². The Bertz CT molecular complexity index is 861. The van der Waals surface area contributed by atoms with Gasteiger partial charge in [-0.15, -0.1) is 0 Å². The number of nitrogens with one attached hydrogen (secondary N) is 1. The Hall–Kier alpha value is -2.73. The molecule has 1 saturated heterocycles. The maximum absolute atomic E-state index is 13.8. The number of likely N-dealkylation sites (tertiary alicyclic amines) is 1. The Kier molecular flexibility index (Phi) is 6.41. The van der Waals surface area contributed by atoms with Gasteiger partial charge in [0.25, 0.3) is 0 Å². The summed E-state index contributed by atoms with van der Waals surface area (Å²) < 4.78 is 18.6. The van der Waals surface area contributed by atoms with Crippen LogP contribution in [0.25, 0.3) is 0 Å². The van der Waals surface area contributed by atoms with E-state index in [2.05, 4.69) is 10.2 Å².